The molecule has 0 aliphatic heterocycles. The standard InChI is InChI=1S/C30H24NO.C13H12N.Ir/c1-30(2,3)18-19-13-14-31-27(15-19)24-10-6-9-23-26-16-21-12-11-20-7-4-5-8-22(20)25(21)17-28(26)32-29(23)24;1-10-3-6-12(7-4-10)13-8-5-11(2)9-14-13;/h4-9,11-17H,18H2,1-3H3;3-6,8-9H,1-2H3;/q2*-1;. The number of rotatable bonds is 3. The molecule has 8 rings (SSSR count). The van der Waals surface area contributed by atoms with Gasteiger partial charge in [-0.1, -0.05) is 98.8 Å². The van der Waals surface area contributed by atoms with Crippen molar-refractivity contribution < 1.29 is 24.5 Å². The monoisotopic (exact) mass is 789 g/mol. The Balaban J connectivity index is 0.000000217. The van der Waals surface area contributed by atoms with E-state index in [9.17, 15) is 0 Å². The SMILES string of the molecule is CC(C)(C)Cc1ccnc(-c2[c-]ccc3c2oc2cc4c(ccc5ccccc54)cc23)c1.Cc1c[c-]c(-c2ccc(C)cn2)cc1.[Ir]. The molecule has 4 heteroatoms. The van der Waals surface area contributed by atoms with Gasteiger partial charge >= 0.3 is 0 Å². The molecule has 0 aliphatic rings. The molecule has 0 saturated carbocycles. The maximum atomic E-state index is 6.46. The largest absolute Gasteiger partial charge is 0.501 e. The van der Waals surface area contributed by atoms with Crippen LogP contribution in [0.15, 0.2) is 120 Å². The zero-order valence-corrected chi connectivity index (χ0v) is 29.7. The van der Waals surface area contributed by atoms with E-state index >= 15 is 0 Å². The van der Waals surface area contributed by atoms with E-state index in [4.69, 9.17) is 4.42 Å². The van der Waals surface area contributed by atoms with Crippen molar-refractivity contribution in [3.8, 4) is 22.5 Å². The second kappa shape index (κ2) is 13.2. The molecule has 3 aromatic heterocycles. The molecule has 0 saturated heterocycles. The molecule has 47 heavy (non-hydrogen) atoms. The summed E-state index contributed by atoms with van der Waals surface area (Å²) in [6.07, 6.45) is 4.77. The van der Waals surface area contributed by atoms with E-state index in [0.717, 1.165) is 50.9 Å². The van der Waals surface area contributed by atoms with Crippen LogP contribution >= 0.6 is 0 Å². The van der Waals surface area contributed by atoms with E-state index in [1.54, 1.807) is 0 Å². The van der Waals surface area contributed by atoms with Crippen LogP contribution < -0.4 is 0 Å². The number of furan rings is 1. The van der Waals surface area contributed by atoms with E-state index in [1.807, 2.05) is 43.6 Å². The fraction of sp³-hybridized carbons (Fsp3) is 0.163. The molecule has 0 amide bonds. The van der Waals surface area contributed by atoms with Gasteiger partial charge in [-0.15, -0.1) is 53.6 Å². The van der Waals surface area contributed by atoms with Crippen molar-refractivity contribution in [2.24, 2.45) is 5.41 Å². The van der Waals surface area contributed by atoms with Crippen LogP contribution in [0.25, 0.3) is 66.0 Å². The van der Waals surface area contributed by atoms with Gasteiger partial charge in [0.1, 0.15) is 5.58 Å². The minimum atomic E-state index is 0. The van der Waals surface area contributed by atoms with Crippen molar-refractivity contribution in [1.29, 1.82) is 0 Å². The first-order valence-electron chi connectivity index (χ1n) is 15.8. The maximum absolute atomic E-state index is 6.46. The third-order valence-electron chi connectivity index (χ3n) is 8.27. The molecule has 0 unspecified atom stereocenters. The molecule has 0 atom stereocenters. The average Bonchev–Trinajstić information content (AvgIpc) is 3.42. The van der Waals surface area contributed by atoms with Gasteiger partial charge in [0.25, 0.3) is 0 Å². The van der Waals surface area contributed by atoms with Gasteiger partial charge < -0.3 is 14.4 Å². The van der Waals surface area contributed by atoms with E-state index in [2.05, 4.69) is 129 Å². The molecular formula is C43H36IrN2O-2. The molecule has 5 aromatic carbocycles. The van der Waals surface area contributed by atoms with Gasteiger partial charge in [-0.3, -0.25) is 0 Å². The van der Waals surface area contributed by atoms with E-state index in [1.165, 1.54) is 38.2 Å². The molecular weight excluding hydrogens is 753 g/mol. The minimum absolute atomic E-state index is 0. The summed E-state index contributed by atoms with van der Waals surface area (Å²) in [7, 11) is 0. The van der Waals surface area contributed by atoms with E-state index < -0.39 is 0 Å². The summed E-state index contributed by atoms with van der Waals surface area (Å²) < 4.78 is 6.46. The second-order valence-corrected chi connectivity index (χ2v) is 13.3. The fourth-order valence-corrected chi connectivity index (χ4v) is 6.05. The Labute approximate surface area is 290 Å². The van der Waals surface area contributed by atoms with Crippen LogP contribution in [0, 0.1) is 31.4 Å². The summed E-state index contributed by atoms with van der Waals surface area (Å²) in [5.41, 5.74) is 9.51. The number of pyridine rings is 2. The Morgan fingerprint density at radius 3 is 2.26 bits per heavy atom. The molecule has 8 aromatic rings. The number of fused-ring (bicyclic) bond motifs is 6. The second-order valence-electron chi connectivity index (χ2n) is 13.3. The summed E-state index contributed by atoms with van der Waals surface area (Å²) in [6, 6.07) is 42.5. The zero-order valence-electron chi connectivity index (χ0n) is 27.3. The fourth-order valence-electron chi connectivity index (χ4n) is 6.05. The first-order chi connectivity index (χ1) is 22.2. The Bertz CT molecular complexity index is 2290. The molecule has 1 radical (unpaired) electrons. The Morgan fingerprint density at radius 1 is 0.681 bits per heavy atom. The van der Waals surface area contributed by atoms with Gasteiger partial charge in [0.05, 0.1) is 5.58 Å². The molecule has 235 valence electrons. The average molecular weight is 789 g/mol. The van der Waals surface area contributed by atoms with Crippen LogP contribution in [0.1, 0.15) is 37.5 Å². The van der Waals surface area contributed by atoms with Crippen molar-refractivity contribution in [2.75, 3.05) is 0 Å². The topological polar surface area (TPSA) is 38.9 Å². The first-order valence-corrected chi connectivity index (χ1v) is 15.8. The molecule has 0 N–H and O–H groups in total. The number of nitrogens with zero attached hydrogens (tertiary/aromatic N) is 2. The molecule has 0 fully saturated rings. The summed E-state index contributed by atoms with van der Waals surface area (Å²) in [5, 5.41) is 7.15. The van der Waals surface area contributed by atoms with Crippen molar-refractivity contribution in [1.82, 2.24) is 9.97 Å². The van der Waals surface area contributed by atoms with Gasteiger partial charge in [0.2, 0.25) is 0 Å². The van der Waals surface area contributed by atoms with E-state index in [0.29, 0.717) is 0 Å². The smallest absolute Gasteiger partial charge is 0.121 e. The van der Waals surface area contributed by atoms with Crippen molar-refractivity contribution in [3.05, 3.63) is 144 Å². The molecule has 0 spiro atoms. The van der Waals surface area contributed by atoms with Crippen LogP contribution in [-0.4, -0.2) is 9.97 Å². The first kappa shape index (κ1) is 32.3. The van der Waals surface area contributed by atoms with Gasteiger partial charge in [0.15, 0.2) is 0 Å². The van der Waals surface area contributed by atoms with Gasteiger partial charge in [0, 0.05) is 37.9 Å². The summed E-state index contributed by atoms with van der Waals surface area (Å²) in [4.78, 5) is 9.01. The van der Waals surface area contributed by atoms with Gasteiger partial charge in [-0.2, -0.15) is 0 Å². The van der Waals surface area contributed by atoms with Crippen LogP contribution in [-0.2, 0) is 26.5 Å². The number of hydrogen-bond donors (Lipinski definition) is 0. The molecule has 3 nitrogen and oxygen atoms in total. The quantitative estimate of drug-likeness (QED) is 0.132. The van der Waals surface area contributed by atoms with Crippen molar-refractivity contribution in [3.63, 3.8) is 0 Å². The van der Waals surface area contributed by atoms with Crippen LogP contribution in [0.2, 0.25) is 0 Å². The van der Waals surface area contributed by atoms with Crippen LogP contribution in [0.5, 0.6) is 0 Å². The number of aryl methyl sites for hydroxylation is 2. The Morgan fingerprint density at radius 2 is 1.49 bits per heavy atom. The summed E-state index contributed by atoms with van der Waals surface area (Å²) >= 11 is 0. The van der Waals surface area contributed by atoms with E-state index in [-0.39, 0.29) is 25.5 Å². The van der Waals surface area contributed by atoms with Gasteiger partial charge in [-0.25, -0.2) is 0 Å². The predicted octanol–water partition coefficient (Wildman–Crippen LogP) is 11.5. The zero-order chi connectivity index (χ0) is 31.8. The summed E-state index contributed by atoms with van der Waals surface area (Å²) in [6.45, 7) is 10.9. The molecule has 0 bridgehead atoms. The van der Waals surface area contributed by atoms with Crippen molar-refractivity contribution in [2.45, 2.75) is 41.0 Å². The number of hydrogen-bond acceptors (Lipinski definition) is 3. The molecule has 3 heterocycles. The molecule has 0 aliphatic carbocycles. The minimum Gasteiger partial charge on any atom is -0.501 e. The predicted molar refractivity (Wildman–Crippen MR) is 192 cm³/mol. The van der Waals surface area contributed by atoms with Crippen LogP contribution in [0.4, 0.5) is 0 Å². The van der Waals surface area contributed by atoms with Crippen molar-refractivity contribution >= 4 is 43.5 Å². The Hall–Kier alpha value is -4.63. The third-order valence-corrected chi connectivity index (χ3v) is 8.27. The maximum Gasteiger partial charge on any atom is 0.121 e. The number of aromatic nitrogens is 2. The number of benzene rings is 5. The van der Waals surface area contributed by atoms with Crippen LogP contribution in [0.3, 0.4) is 0 Å². The Kier molecular flexibility index (Phi) is 9.10. The summed E-state index contributed by atoms with van der Waals surface area (Å²) in [5.74, 6) is 0. The normalized spacial score (nSPS) is 11.4. The van der Waals surface area contributed by atoms with Gasteiger partial charge in [-0.05, 0) is 75.5 Å². The third kappa shape index (κ3) is 6.90.